The molecule has 0 aliphatic rings. The molecule has 0 radical (unpaired) electrons. The van der Waals surface area contributed by atoms with E-state index in [1.807, 2.05) is 0 Å². The summed E-state index contributed by atoms with van der Waals surface area (Å²) in [6, 6.07) is 0. The maximum Gasteiger partial charge on any atom is 0.0650 e. The van der Waals surface area contributed by atoms with Gasteiger partial charge in [-0.25, -0.2) is 0 Å². The summed E-state index contributed by atoms with van der Waals surface area (Å²) in [5.41, 5.74) is 0. The molecule has 0 bridgehead atoms. The topological polar surface area (TPSA) is 0 Å². The normalized spacial score (nSPS) is 12.0. The third-order valence-corrected chi connectivity index (χ3v) is 3.43. The summed E-state index contributed by atoms with van der Waals surface area (Å²) in [5, 5.41) is 0. The molecule has 0 unspecified atom stereocenters. The second kappa shape index (κ2) is 5.98. The van der Waals surface area contributed by atoms with Crippen LogP contribution >= 0.6 is 47.7 Å². The van der Waals surface area contributed by atoms with Crippen LogP contribution in [0.4, 0.5) is 0 Å². The first-order chi connectivity index (χ1) is 4.62. The first-order valence-corrected chi connectivity index (χ1v) is 6.27. The van der Waals surface area contributed by atoms with Crippen LogP contribution in [0.15, 0.2) is 0 Å². The van der Waals surface area contributed by atoms with E-state index in [1.54, 1.807) is 0 Å². The van der Waals surface area contributed by atoms with E-state index in [0.29, 0.717) is 0 Å². The average Bonchev–Trinajstić information content (AvgIpc) is 1.84. The zero-order chi connectivity index (χ0) is 8.04. The minimum atomic E-state index is -0.123. The van der Waals surface area contributed by atoms with Gasteiger partial charge >= 0.3 is 0 Å². The van der Waals surface area contributed by atoms with Crippen LogP contribution < -0.4 is 0 Å². The molecule has 0 aromatic carbocycles. The highest BCUT2D eigenvalue weighted by Crippen LogP contribution is 2.31. The third kappa shape index (κ3) is 6.13. The SMILES string of the molecule is CCCCC(S)(S)CSS. The molecule has 0 atom stereocenters. The van der Waals surface area contributed by atoms with Crippen LogP contribution in [0.3, 0.4) is 0 Å². The van der Waals surface area contributed by atoms with E-state index in [4.69, 9.17) is 0 Å². The highest BCUT2D eigenvalue weighted by atomic mass is 33.1. The van der Waals surface area contributed by atoms with Crippen molar-refractivity contribution < 1.29 is 0 Å². The van der Waals surface area contributed by atoms with Crippen LogP contribution in [0.5, 0.6) is 0 Å². The zero-order valence-electron chi connectivity index (χ0n) is 6.08. The predicted octanol–water partition coefficient (Wildman–Crippen LogP) is 3.31. The van der Waals surface area contributed by atoms with Gasteiger partial charge in [0.05, 0.1) is 4.08 Å². The van der Waals surface area contributed by atoms with Crippen molar-refractivity contribution in [2.24, 2.45) is 0 Å². The van der Waals surface area contributed by atoms with Crippen molar-refractivity contribution >= 4 is 47.7 Å². The van der Waals surface area contributed by atoms with Crippen LogP contribution in [0.25, 0.3) is 0 Å². The highest BCUT2D eigenvalue weighted by molar-refractivity contribution is 8.68. The molecule has 62 valence electrons. The Labute approximate surface area is 83.6 Å². The molecule has 0 aromatic heterocycles. The number of hydrogen-bond donors (Lipinski definition) is 3. The fourth-order valence-electron chi connectivity index (χ4n) is 0.635. The summed E-state index contributed by atoms with van der Waals surface area (Å²) in [4.78, 5) is 0. The largest absolute Gasteiger partial charge is 0.161 e. The molecule has 0 nitrogen and oxygen atoms in total. The Morgan fingerprint density at radius 1 is 1.40 bits per heavy atom. The Bertz CT molecular complexity index is 81.8. The van der Waals surface area contributed by atoms with Crippen molar-refractivity contribution in [2.45, 2.75) is 30.3 Å². The quantitative estimate of drug-likeness (QED) is 0.359. The maximum absolute atomic E-state index is 4.40. The lowest BCUT2D eigenvalue weighted by atomic mass is 10.2. The van der Waals surface area contributed by atoms with Gasteiger partial charge in [0, 0.05) is 5.75 Å². The maximum atomic E-state index is 4.40. The highest BCUT2D eigenvalue weighted by Gasteiger charge is 2.18. The Kier molecular flexibility index (Phi) is 6.81. The number of rotatable bonds is 5. The third-order valence-electron chi connectivity index (χ3n) is 1.23. The van der Waals surface area contributed by atoms with Crippen LogP contribution in [0.2, 0.25) is 0 Å². The summed E-state index contributed by atoms with van der Waals surface area (Å²) in [5.74, 6) is 0.891. The number of unbranched alkanes of at least 4 members (excludes halogenated alkanes) is 1. The van der Waals surface area contributed by atoms with Gasteiger partial charge in [0.25, 0.3) is 0 Å². The van der Waals surface area contributed by atoms with Gasteiger partial charge in [0.15, 0.2) is 0 Å². The molecular formula is C6H14S4. The van der Waals surface area contributed by atoms with Gasteiger partial charge in [0.1, 0.15) is 0 Å². The number of hydrogen-bond acceptors (Lipinski definition) is 4. The minimum absolute atomic E-state index is 0.123. The fourth-order valence-corrected chi connectivity index (χ4v) is 2.96. The molecular weight excluding hydrogens is 200 g/mol. The monoisotopic (exact) mass is 214 g/mol. The molecule has 0 saturated carbocycles. The summed E-state index contributed by atoms with van der Waals surface area (Å²) in [6.45, 7) is 2.17. The molecule has 0 N–H and O–H groups in total. The minimum Gasteiger partial charge on any atom is -0.161 e. The molecule has 0 fully saturated rings. The lowest BCUT2D eigenvalue weighted by Crippen LogP contribution is -2.15. The molecule has 0 heterocycles. The first kappa shape index (κ1) is 11.4. The van der Waals surface area contributed by atoms with Crippen LogP contribution in [-0.2, 0) is 0 Å². The average molecular weight is 214 g/mol. The van der Waals surface area contributed by atoms with Gasteiger partial charge in [0.2, 0.25) is 0 Å². The van der Waals surface area contributed by atoms with E-state index >= 15 is 0 Å². The van der Waals surface area contributed by atoms with Crippen molar-refractivity contribution in [3.05, 3.63) is 0 Å². The van der Waals surface area contributed by atoms with Gasteiger partial charge in [-0.2, -0.15) is 25.3 Å². The fraction of sp³-hybridized carbons (Fsp3) is 1.00. The van der Waals surface area contributed by atoms with E-state index in [2.05, 4.69) is 43.8 Å². The summed E-state index contributed by atoms with van der Waals surface area (Å²) in [6.07, 6.45) is 3.46. The molecule has 0 aliphatic heterocycles. The van der Waals surface area contributed by atoms with Gasteiger partial charge in [-0.15, -0.1) is 11.7 Å². The van der Waals surface area contributed by atoms with Gasteiger partial charge in [-0.1, -0.05) is 30.6 Å². The molecule has 10 heavy (non-hydrogen) atoms. The van der Waals surface area contributed by atoms with Crippen molar-refractivity contribution in [2.75, 3.05) is 5.75 Å². The standard InChI is InChI=1S/C6H14S4/c1-2-3-4-6(7,8)5-10-9/h7-9H,2-5H2,1H3. The molecule has 0 rings (SSSR count). The van der Waals surface area contributed by atoms with Gasteiger partial charge < -0.3 is 0 Å². The second-order valence-corrected chi connectivity index (χ2v) is 5.75. The molecule has 0 spiro atoms. The first-order valence-electron chi connectivity index (χ1n) is 3.33. The lowest BCUT2D eigenvalue weighted by Gasteiger charge is -2.20. The Balaban J connectivity index is 3.42. The van der Waals surface area contributed by atoms with Crippen LogP contribution in [0, 0.1) is 0 Å². The second-order valence-electron chi connectivity index (χ2n) is 2.36. The van der Waals surface area contributed by atoms with E-state index < -0.39 is 0 Å². The molecule has 0 aliphatic carbocycles. The summed E-state index contributed by atoms with van der Waals surface area (Å²) in [7, 11) is 1.50. The van der Waals surface area contributed by atoms with Crippen molar-refractivity contribution in [1.29, 1.82) is 0 Å². The lowest BCUT2D eigenvalue weighted by molar-refractivity contribution is 0.696. The Morgan fingerprint density at radius 2 is 2.00 bits per heavy atom. The van der Waals surface area contributed by atoms with E-state index in [0.717, 1.165) is 12.2 Å². The van der Waals surface area contributed by atoms with Crippen molar-refractivity contribution in [3.8, 4) is 0 Å². The number of thiol groups is 3. The summed E-state index contributed by atoms with van der Waals surface area (Å²) >= 11 is 12.8. The van der Waals surface area contributed by atoms with E-state index in [-0.39, 0.29) is 4.08 Å². The molecule has 4 heteroatoms. The smallest absolute Gasteiger partial charge is 0.0650 e. The predicted molar refractivity (Wildman–Crippen MR) is 61.7 cm³/mol. The van der Waals surface area contributed by atoms with Crippen LogP contribution in [-0.4, -0.2) is 9.83 Å². The van der Waals surface area contributed by atoms with Crippen molar-refractivity contribution in [3.63, 3.8) is 0 Å². The van der Waals surface area contributed by atoms with E-state index in [9.17, 15) is 0 Å². The van der Waals surface area contributed by atoms with Crippen molar-refractivity contribution in [1.82, 2.24) is 0 Å². The summed E-state index contributed by atoms with van der Waals surface area (Å²) < 4.78 is -0.123. The molecule has 0 saturated heterocycles. The van der Waals surface area contributed by atoms with E-state index in [1.165, 1.54) is 23.6 Å². The van der Waals surface area contributed by atoms with Crippen LogP contribution in [0.1, 0.15) is 26.2 Å². The van der Waals surface area contributed by atoms with Gasteiger partial charge in [-0.05, 0) is 6.42 Å². The molecule has 0 aromatic rings. The Hall–Kier alpha value is 1.40. The Morgan fingerprint density at radius 3 is 2.40 bits per heavy atom. The zero-order valence-corrected chi connectivity index (χ0v) is 9.58. The molecule has 0 amide bonds. The van der Waals surface area contributed by atoms with Gasteiger partial charge in [-0.3, -0.25) is 0 Å².